The number of carbonyl (C=O) groups is 1. The van der Waals surface area contributed by atoms with Gasteiger partial charge in [-0.1, -0.05) is 30.3 Å². The molecule has 0 atom stereocenters. The van der Waals surface area contributed by atoms with Crippen molar-refractivity contribution in [3.05, 3.63) is 66.4 Å². The summed E-state index contributed by atoms with van der Waals surface area (Å²) >= 11 is 0. The molecule has 0 aliphatic rings. The second kappa shape index (κ2) is 6.44. The Morgan fingerprint density at radius 2 is 1.96 bits per heavy atom. The van der Waals surface area contributed by atoms with E-state index < -0.39 is 0 Å². The van der Waals surface area contributed by atoms with Crippen LogP contribution in [-0.2, 0) is 11.2 Å². The molecule has 0 aliphatic carbocycles. The maximum Gasteiger partial charge on any atom is 0.229 e. The maximum absolute atomic E-state index is 12.6. The number of anilines is 1. The Hall–Kier alpha value is -3.47. The normalized spacial score (nSPS) is 11.0. The molecule has 130 valence electrons. The fraction of sp³-hybridized carbons (Fsp3) is 0.0952. The number of fused-ring (bicyclic) bond motifs is 2. The number of ether oxygens (including phenoxy) is 1. The van der Waals surface area contributed by atoms with Crippen molar-refractivity contribution in [3.63, 3.8) is 0 Å². The van der Waals surface area contributed by atoms with Gasteiger partial charge < -0.3 is 19.6 Å². The Labute approximate surface area is 149 Å². The first-order chi connectivity index (χ1) is 12.7. The van der Waals surface area contributed by atoms with E-state index >= 15 is 0 Å². The van der Waals surface area contributed by atoms with Crippen molar-refractivity contribution in [1.29, 1.82) is 0 Å². The number of methoxy groups -OCH3 is 1. The smallest absolute Gasteiger partial charge is 0.229 e. The van der Waals surface area contributed by atoms with Crippen LogP contribution in [0, 0.1) is 0 Å². The van der Waals surface area contributed by atoms with E-state index in [-0.39, 0.29) is 18.1 Å². The molecule has 0 unspecified atom stereocenters. The highest BCUT2D eigenvalue weighted by atomic mass is 16.5. The quantitative estimate of drug-likeness (QED) is 0.534. The molecule has 0 bridgehead atoms. The maximum atomic E-state index is 12.6. The Bertz CT molecular complexity index is 1110. The lowest BCUT2D eigenvalue weighted by Gasteiger charge is -2.10. The van der Waals surface area contributed by atoms with Crippen LogP contribution >= 0.6 is 0 Å². The molecule has 5 heteroatoms. The van der Waals surface area contributed by atoms with E-state index in [1.54, 1.807) is 25.5 Å². The Kier molecular flexibility index (Phi) is 3.97. The number of furan rings is 1. The van der Waals surface area contributed by atoms with Crippen molar-refractivity contribution in [2.24, 2.45) is 0 Å². The zero-order valence-corrected chi connectivity index (χ0v) is 14.2. The van der Waals surface area contributed by atoms with Gasteiger partial charge in [-0.25, -0.2) is 0 Å². The van der Waals surface area contributed by atoms with E-state index in [0.717, 1.165) is 21.7 Å². The molecule has 4 rings (SSSR count). The molecule has 1 aromatic heterocycles. The van der Waals surface area contributed by atoms with Gasteiger partial charge in [-0.15, -0.1) is 0 Å². The molecule has 3 aromatic carbocycles. The summed E-state index contributed by atoms with van der Waals surface area (Å²) in [5.74, 6) is 0.512. The van der Waals surface area contributed by atoms with Crippen molar-refractivity contribution in [2.75, 3.05) is 12.4 Å². The van der Waals surface area contributed by atoms with Gasteiger partial charge in [-0.2, -0.15) is 0 Å². The number of aromatic hydroxyl groups is 1. The minimum atomic E-state index is -0.227. The van der Waals surface area contributed by atoms with Crippen LogP contribution in [0.2, 0.25) is 0 Å². The van der Waals surface area contributed by atoms with Gasteiger partial charge in [0.15, 0.2) is 0 Å². The van der Waals surface area contributed by atoms with Crippen molar-refractivity contribution in [2.45, 2.75) is 6.42 Å². The highest BCUT2D eigenvalue weighted by Gasteiger charge is 2.14. The van der Waals surface area contributed by atoms with Crippen LogP contribution in [0.4, 0.5) is 5.69 Å². The van der Waals surface area contributed by atoms with Crippen molar-refractivity contribution in [3.8, 4) is 11.5 Å². The number of phenols is 1. The molecule has 0 saturated heterocycles. The van der Waals surface area contributed by atoms with Gasteiger partial charge >= 0.3 is 0 Å². The molecular formula is C21H17NO4. The number of hydrogen-bond acceptors (Lipinski definition) is 4. The lowest BCUT2D eigenvalue weighted by atomic mass is 10.1. The van der Waals surface area contributed by atoms with Crippen LogP contribution < -0.4 is 10.1 Å². The average molecular weight is 347 g/mol. The van der Waals surface area contributed by atoms with Crippen molar-refractivity contribution >= 4 is 33.3 Å². The van der Waals surface area contributed by atoms with Crippen LogP contribution in [0.3, 0.4) is 0 Å². The predicted molar refractivity (Wildman–Crippen MR) is 101 cm³/mol. The largest absolute Gasteiger partial charge is 0.506 e. The molecule has 26 heavy (non-hydrogen) atoms. The first-order valence-electron chi connectivity index (χ1n) is 8.20. The second-order valence-corrected chi connectivity index (χ2v) is 6.03. The monoisotopic (exact) mass is 347 g/mol. The summed E-state index contributed by atoms with van der Waals surface area (Å²) in [6.45, 7) is 0. The third-order valence-electron chi connectivity index (χ3n) is 4.39. The first kappa shape index (κ1) is 16.0. The molecular weight excluding hydrogens is 330 g/mol. The van der Waals surface area contributed by atoms with E-state index in [2.05, 4.69) is 5.32 Å². The Balaban J connectivity index is 1.61. The second-order valence-electron chi connectivity index (χ2n) is 6.03. The zero-order chi connectivity index (χ0) is 18.1. The van der Waals surface area contributed by atoms with Crippen molar-refractivity contribution in [1.82, 2.24) is 0 Å². The van der Waals surface area contributed by atoms with E-state index in [4.69, 9.17) is 9.15 Å². The third kappa shape index (κ3) is 2.84. The fourth-order valence-electron chi connectivity index (χ4n) is 3.08. The molecule has 5 nitrogen and oxygen atoms in total. The molecule has 2 N–H and O–H groups in total. The molecule has 1 amide bonds. The van der Waals surface area contributed by atoms with Gasteiger partial charge in [0.1, 0.15) is 17.1 Å². The number of phenolic OH excluding ortho intramolecular Hbond substituents is 1. The van der Waals surface area contributed by atoms with Crippen LogP contribution in [0.15, 0.2) is 65.3 Å². The van der Waals surface area contributed by atoms with Gasteiger partial charge in [0, 0.05) is 22.4 Å². The molecule has 1 heterocycles. The summed E-state index contributed by atoms with van der Waals surface area (Å²) in [6.07, 6.45) is 1.72. The highest BCUT2D eigenvalue weighted by Crippen LogP contribution is 2.32. The van der Waals surface area contributed by atoms with Crippen LogP contribution in [0.5, 0.6) is 11.5 Å². The number of hydrogen-bond donors (Lipinski definition) is 2. The van der Waals surface area contributed by atoms with E-state index in [1.165, 1.54) is 0 Å². The minimum absolute atomic E-state index is 0.0406. The van der Waals surface area contributed by atoms with Gasteiger partial charge in [-0.05, 0) is 23.6 Å². The van der Waals surface area contributed by atoms with Gasteiger partial charge in [0.25, 0.3) is 0 Å². The van der Waals surface area contributed by atoms with E-state index in [0.29, 0.717) is 17.0 Å². The summed E-state index contributed by atoms with van der Waals surface area (Å²) in [7, 11) is 1.59. The number of benzene rings is 3. The van der Waals surface area contributed by atoms with Gasteiger partial charge in [0.2, 0.25) is 5.91 Å². The lowest BCUT2D eigenvalue weighted by Crippen LogP contribution is -2.14. The standard InChI is InChI=1S/C21H17NO4/c1-25-15-7-8-16-14(12-26-19(16)11-15)10-20(24)22-21-17-5-3-2-4-13(17)6-9-18(21)23/h2-9,11-12,23H,10H2,1H3,(H,22,24). The SMILES string of the molecule is COc1ccc2c(CC(=O)Nc3c(O)ccc4ccccc34)coc2c1. The fourth-order valence-corrected chi connectivity index (χ4v) is 3.08. The molecule has 4 aromatic rings. The number of rotatable bonds is 4. The molecule has 0 aliphatic heterocycles. The number of amides is 1. The number of nitrogens with one attached hydrogen (secondary N) is 1. The zero-order valence-electron chi connectivity index (χ0n) is 14.2. The summed E-state index contributed by atoms with van der Waals surface area (Å²) < 4.78 is 10.7. The summed E-state index contributed by atoms with van der Waals surface area (Å²) in [5, 5.41) is 15.6. The van der Waals surface area contributed by atoms with E-state index in [9.17, 15) is 9.90 Å². The van der Waals surface area contributed by atoms with Crippen molar-refractivity contribution < 1.29 is 19.1 Å². The lowest BCUT2D eigenvalue weighted by molar-refractivity contribution is -0.115. The predicted octanol–water partition coefficient (Wildman–Crippen LogP) is 4.48. The summed E-state index contributed by atoms with van der Waals surface area (Å²) in [6, 6.07) is 16.5. The summed E-state index contributed by atoms with van der Waals surface area (Å²) in [4.78, 5) is 12.6. The first-order valence-corrected chi connectivity index (χ1v) is 8.20. The summed E-state index contributed by atoms with van der Waals surface area (Å²) in [5.41, 5.74) is 1.86. The number of carbonyl (C=O) groups excluding carboxylic acids is 1. The van der Waals surface area contributed by atoms with Crippen LogP contribution in [0.25, 0.3) is 21.7 Å². The molecule has 0 spiro atoms. The van der Waals surface area contributed by atoms with Gasteiger partial charge in [0.05, 0.1) is 25.5 Å². The highest BCUT2D eigenvalue weighted by molar-refractivity contribution is 6.05. The Morgan fingerprint density at radius 1 is 1.12 bits per heavy atom. The molecule has 0 saturated carbocycles. The topological polar surface area (TPSA) is 71.7 Å². The van der Waals surface area contributed by atoms with E-state index in [1.807, 2.05) is 42.5 Å². The van der Waals surface area contributed by atoms with Crippen LogP contribution in [0.1, 0.15) is 5.56 Å². The Morgan fingerprint density at radius 3 is 2.81 bits per heavy atom. The molecule has 0 fully saturated rings. The molecule has 0 radical (unpaired) electrons. The average Bonchev–Trinajstić information content (AvgIpc) is 3.06. The minimum Gasteiger partial charge on any atom is -0.506 e. The van der Waals surface area contributed by atoms with Crippen LogP contribution in [-0.4, -0.2) is 18.1 Å². The van der Waals surface area contributed by atoms with Gasteiger partial charge in [-0.3, -0.25) is 4.79 Å². The third-order valence-corrected chi connectivity index (χ3v) is 4.39.